The fraction of sp³-hybridized carbons (Fsp3) is 0.0984. The third-order valence-corrected chi connectivity index (χ3v) is 13.2. The fourth-order valence-corrected chi connectivity index (χ4v) is 10.6. The van der Waals surface area contributed by atoms with Gasteiger partial charge in [0.15, 0.2) is 5.69 Å². The number of para-hydroxylation sites is 2. The molecule has 0 N–H and O–H groups in total. The highest BCUT2D eigenvalue weighted by Crippen LogP contribution is 2.48. The van der Waals surface area contributed by atoms with Crippen LogP contribution < -0.4 is 0 Å². The van der Waals surface area contributed by atoms with E-state index in [1.807, 2.05) is 54.6 Å². The van der Waals surface area contributed by atoms with Crippen molar-refractivity contribution in [2.75, 3.05) is 0 Å². The Bertz CT molecular complexity index is 3830. The molecule has 0 amide bonds. The molecule has 0 radical (unpaired) electrons. The Morgan fingerprint density at radius 2 is 0.896 bits per heavy atom. The number of aromatic nitrogens is 2. The predicted octanol–water partition coefficient (Wildman–Crippen LogP) is 17.7. The number of nitrogens with zero attached hydrogens (tertiary/aromatic N) is 3. The summed E-state index contributed by atoms with van der Waals surface area (Å²) in [4.78, 5) is 4.18. The molecule has 0 spiro atoms. The highest BCUT2D eigenvalue weighted by molar-refractivity contribution is 6.13. The van der Waals surface area contributed by atoms with Gasteiger partial charge in [0.2, 0.25) is 0 Å². The van der Waals surface area contributed by atoms with Crippen molar-refractivity contribution >= 4 is 49.3 Å². The minimum Gasteiger partial charge on any atom is -0.310 e. The molecule has 0 unspecified atom stereocenters. The zero-order chi connectivity index (χ0) is 46.3. The second-order valence-corrected chi connectivity index (χ2v) is 17.9. The summed E-state index contributed by atoms with van der Waals surface area (Å²) in [6.07, 6.45) is -4.60. The molecule has 6 heteroatoms. The van der Waals surface area contributed by atoms with Crippen LogP contribution in [0.4, 0.5) is 18.9 Å². The van der Waals surface area contributed by atoms with Gasteiger partial charge in [0.25, 0.3) is 0 Å². The van der Waals surface area contributed by atoms with E-state index in [0.717, 1.165) is 83.3 Å². The molecule has 324 valence electrons. The van der Waals surface area contributed by atoms with Gasteiger partial charge >= 0.3 is 6.18 Å². The second-order valence-electron chi connectivity index (χ2n) is 17.9. The van der Waals surface area contributed by atoms with Gasteiger partial charge in [0, 0.05) is 32.8 Å². The number of halogens is 3. The summed E-state index contributed by atoms with van der Waals surface area (Å²) in [5, 5.41) is 4.18. The summed E-state index contributed by atoms with van der Waals surface area (Å²) in [6.45, 7) is 18.9. The molecular formula is C61H44F3N3. The molecule has 2 aromatic heterocycles. The minimum absolute atomic E-state index is 0.112. The van der Waals surface area contributed by atoms with Crippen LogP contribution in [0.1, 0.15) is 33.4 Å². The van der Waals surface area contributed by atoms with E-state index >= 15 is 0 Å². The van der Waals surface area contributed by atoms with Crippen LogP contribution in [0.3, 0.4) is 0 Å². The lowest BCUT2D eigenvalue weighted by molar-refractivity contribution is -0.137. The number of aryl methyl sites for hydroxylation is 5. The molecule has 0 bridgehead atoms. The first-order chi connectivity index (χ1) is 32.4. The molecule has 0 aliphatic carbocycles. The molecule has 0 aliphatic rings. The summed E-state index contributed by atoms with van der Waals surface area (Å²) in [5.41, 5.74) is 16.4. The van der Waals surface area contributed by atoms with E-state index in [2.05, 4.69) is 139 Å². The van der Waals surface area contributed by atoms with E-state index in [4.69, 9.17) is 6.57 Å². The van der Waals surface area contributed by atoms with Crippen LogP contribution in [0.25, 0.3) is 104 Å². The molecule has 0 saturated heterocycles. The average Bonchev–Trinajstić information content (AvgIpc) is 3.82. The zero-order valence-electron chi connectivity index (χ0n) is 37.7. The van der Waals surface area contributed by atoms with Crippen molar-refractivity contribution < 1.29 is 13.2 Å². The molecule has 11 rings (SSSR count). The zero-order valence-corrected chi connectivity index (χ0v) is 37.7. The fourth-order valence-electron chi connectivity index (χ4n) is 10.6. The Morgan fingerprint density at radius 3 is 1.43 bits per heavy atom. The van der Waals surface area contributed by atoms with Crippen molar-refractivity contribution in [1.82, 2.24) is 9.13 Å². The Labute approximate surface area is 387 Å². The standard InChI is InChI=1S/C61H44F3N3/c1-36-27-37(2)30-44(29-36)41-21-24-55-48(33-41)46-14-7-9-18-53(46)66(55)57-26-23-43(59-40(5)13-11-16-51(59)61(62,63)64)35-50(57)60-52(65-6)17-12-20-58(60)67-54-19-10-8-15-47(54)49-34-42(22-25-56(49)67)45-31-38(3)28-39(4)32-45/h7-35H,1-5H3. The lowest BCUT2D eigenvalue weighted by atomic mass is 9.90. The van der Waals surface area contributed by atoms with E-state index in [1.54, 1.807) is 19.1 Å². The lowest BCUT2D eigenvalue weighted by Crippen LogP contribution is -2.08. The molecule has 0 saturated carbocycles. The van der Waals surface area contributed by atoms with Crippen LogP contribution in [-0.2, 0) is 6.18 Å². The van der Waals surface area contributed by atoms with Gasteiger partial charge in [-0.05, 0) is 140 Å². The number of rotatable bonds is 6. The second kappa shape index (κ2) is 15.8. The maximum absolute atomic E-state index is 15.0. The third kappa shape index (κ3) is 6.98. The predicted molar refractivity (Wildman–Crippen MR) is 272 cm³/mol. The van der Waals surface area contributed by atoms with Crippen LogP contribution >= 0.6 is 0 Å². The van der Waals surface area contributed by atoms with E-state index in [0.29, 0.717) is 27.9 Å². The highest BCUT2D eigenvalue weighted by atomic mass is 19.4. The van der Waals surface area contributed by atoms with Gasteiger partial charge in [0.05, 0.1) is 39.9 Å². The van der Waals surface area contributed by atoms with Gasteiger partial charge in [-0.1, -0.05) is 138 Å². The van der Waals surface area contributed by atoms with Crippen molar-refractivity contribution in [3.8, 4) is 55.9 Å². The summed E-state index contributed by atoms with van der Waals surface area (Å²) < 4.78 is 49.4. The SMILES string of the molecule is [C-]#[N+]c1cccc(-n2c3ccccc3c3cc(-c4cc(C)cc(C)c4)ccc32)c1-c1cc(-c2c(C)cccc2C(F)(F)F)ccc1-n1c2ccccc2c2cc(-c3cc(C)cc(C)c3)ccc21. The molecule has 0 fully saturated rings. The van der Waals surface area contributed by atoms with Crippen molar-refractivity contribution in [2.45, 2.75) is 40.8 Å². The molecule has 11 aromatic rings. The van der Waals surface area contributed by atoms with E-state index in [-0.39, 0.29) is 5.56 Å². The van der Waals surface area contributed by atoms with Crippen LogP contribution in [0, 0.1) is 41.2 Å². The molecule has 2 heterocycles. The number of benzene rings is 9. The van der Waals surface area contributed by atoms with Crippen molar-refractivity contribution in [3.63, 3.8) is 0 Å². The Hall–Kier alpha value is -8.14. The molecule has 9 aromatic carbocycles. The maximum atomic E-state index is 15.0. The lowest BCUT2D eigenvalue weighted by Gasteiger charge is -2.22. The first-order valence-electron chi connectivity index (χ1n) is 22.4. The smallest absolute Gasteiger partial charge is 0.310 e. The van der Waals surface area contributed by atoms with Crippen molar-refractivity contribution in [2.24, 2.45) is 0 Å². The minimum atomic E-state index is -4.60. The average molecular weight is 876 g/mol. The molecule has 3 nitrogen and oxygen atoms in total. The summed E-state index contributed by atoms with van der Waals surface area (Å²) >= 11 is 0. The van der Waals surface area contributed by atoms with Gasteiger partial charge in [-0.2, -0.15) is 13.2 Å². The summed E-state index contributed by atoms with van der Waals surface area (Å²) in [5.74, 6) is 0. The van der Waals surface area contributed by atoms with Gasteiger partial charge < -0.3 is 9.13 Å². The topological polar surface area (TPSA) is 14.2 Å². The molecule has 0 atom stereocenters. The van der Waals surface area contributed by atoms with Crippen LogP contribution in [-0.4, -0.2) is 9.13 Å². The Morgan fingerprint density at radius 1 is 0.403 bits per heavy atom. The summed E-state index contributed by atoms with van der Waals surface area (Å²) in [6, 6.07) is 58.5. The summed E-state index contributed by atoms with van der Waals surface area (Å²) in [7, 11) is 0. The first-order valence-corrected chi connectivity index (χ1v) is 22.4. The first kappa shape index (κ1) is 41.6. The van der Waals surface area contributed by atoms with Gasteiger partial charge in [0.1, 0.15) is 0 Å². The maximum Gasteiger partial charge on any atom is 0.417 e. The van der Waals surface area contributed by atoms with E-state index in [1.165, 1.54) is 28.3 Å². The van der Waals surface area contributed by atoms with E-state index < -0.39 is 11.7 Å². The number of hydrogen-bond donors (Lipinski definition) is 0. The van der Waals surface area contributed by atoms with Gasteiger partial charge in [-0.25, -0.2) is 4.85 Å². The van der Waals surface area contributed by atoms with Crippen molar-refractivity contribution in [3.05, 3.63) is 221 Å². The van der Waals surface area contributed by atoms with Crippen LogP contribution in [0.2, 0.25) is 0 Å². The Kier molecular flexibility index (Phi) is 9.79. The van der Waals surface area contributed by atoms with Crippen molar-refractivity contribution in [1.29, 1.82) is 0 Å². The van der Waals surface area contributed by atoms with Gasteiger partial charge in [-0.15, -0.1) is 0 Å². The number of fused-ring (bicyclic) bond motifs is 6. The molecular weight excluding hydrogens is 832 g/mol. The van der Waals surface area contributed by atoms with Gasteiger partial charge in [-0.3, -0.25) is 0 Å². The molecule has 0 aliphatic heterocycles. The highest BCUT2D eigenvalue weighted by Gasteiger charge is 2.35. The largest absolute Gasteiger partial charge is 0.417 e. The quantitative estimate of drug-likeness (QED) is 0.148. The number of hydrogen-bond acceptors (Lipinski definition) is 0. The number of alkyl halides is 3. The van der Waals surface area contributed by atoms with Crippen LogP contribution in [0.15, 0.2) is 176 Å². The Balaban J connectivity index is 1.24. The van der Waals surface area contributed by atoms with Crippen LogP contribution in [0.5, 0.6) is 0 Å². The third-order valence-electron chi connectivity index (χ3n) is 13.2. The normalized spacial score (nSPS) is 11.9. The van der Waals surface area contributed by atoms with E-state index in [9.17, 15) is 13.2 Å². The monoisotopic (exact) mass is 875 g/mol. The molecule has 67 heavy (non-hydrogen) atoms.